The van der Waals surface area contributed by atoms with Gasteiger partial charge in [0.25, 0.3) is 0 Å². The molecule has 6 fully saturated rings. The third-order valence-corrected chi connectivity index (χ3v) is 17.6. The molecule has 0 spiro atoms. The Hall–Kier alpha value is -4.72. The first-order chi connectivity index (χ1) is 47.2. The normalized spacial score (nSPS) is 39.5. The van der Waals surface area contributed by atoms with Crippen molar-refractivity contribution < 1.29 is 240 Å². The van der Waals surface area contributed by atoms with Crippen LogP contribution in [0, 0.1) is 0 Å². The molecule has 0 aromatic heterocycles. The van der Waals surface area contributed by atoms with Crippen molar-refractivity contribution in [1.29, 1.82) is 0 Å². The van der Waals surface area contributed by atoms with Crippen molar-refractivity contribution in [3.8, 4) is 0 Å². The number of ether oxygens (including phenoxy) is 11. The average molecular weight is 1640 g/mol. The largest absolute Gasteiger partial charge is 0.479 e. The number of carboxylic acids is 3. The molecular formula is C42H65N3O52S6. The van der Waals surface area contributed by atoms with Crippen LogP contribution < -0.4 is 16.0 Å². The van der Waals surface area contributed by atoms with Crippen LogP contribution in [0.3, 0.4) is 0 Å². The molecule has 0 bridgehead atoms. The highest BCUT2D eigenvalue weighted by atomic mass is 32.3. The average Bonchev–Trinajstić information content (AvgIpc) is 0.758. The minimum absolute atomic E-state index is 0.558. The first-order valence-corrected chi connectivity index (χ1v) is 36.2. The molecule has 20 N–H and O–H groups in total. The molecule has 0 aromatic rings. The van der Waals surface area contributed by atoms with Crippen molar-refractivity contribution in [3.05, 3.63) is 0 Å². The zero-order valence-electron chi connectivity index (χ0n) is 51.3. The predicted octanol–water partition coefficient (Wildman–Crippen LogP) is -14.4. The highest BCUT2D eigenvalue weighted by Crippen LogP contribution is 2.41. The van der Waals surface area contributed by atoms with E-state index in [-0.39, 0.29) is 0 Å². The molecule has 55 nitrogen and oxygen atoms in total. The fourth-order valence-corrected chi connectivity index (χ4v) is 14.1. The second-order valence-electron chi connectivity index (χ2n) is 22.1. The third-order valence-electron chi connectivity index (χ3n) is 14.8. The Balaban J connectivity index is 1.47. The van der Waals surface area contributed by atoms with Gasteiger partial charge in [0.05, 0.1) is 19.8 Å². The van der Waals surface area contributed by atoms with E-state index < -0.39 is 302 Å². The third kappa shape index (κ3) is 23.2. The van der Waals surface area contributed by atoms with Crippen LogP contribution in [-0.4, -0.2) is 373 Å². The van der Waals surface area contributed by atoms with Crippen molar-refractivity contribution in [2.45, 2.75) is 205 Å². The molecule has 0 aliphatic carbocycles. The van der Waals surface area contributed by atoms with E-state index in [2.05, 4.69) is 25.1 Å². The number of carbonyl (C=O) groups is 6. The summed E-state index contributed by atoms with van der Waals surface area (Å²) < 4.78 is 295. The standard InChI is InChI=1S/C42H65N3O52S6/c1-7(49)43-13-23(20(92-98(63,64)65)10(4-46)81-37(13)62)84-41-18(54)27(96-102(75,76)77)30(32(90-41)35(58)59)88-39-15(45-9(3)51)25(22(12(6-48)83-39)94-100(69,70)71)86-42-19(55)28(97-103(78,79)80)31(33(91-42)36(60)61)89-38-14(44-8(2)50)24(21(11(5-47)82-38)93-99(66,67)68)85-40-17(53)26(95-101(72,73)74)16(52)29(87-40)34(56)57/h10-33,37-42,46-48,52-55,62H,4-6H2,1-3H3,(H,43,49)(H,44,50)(H,45,51)(H,56,57)(H,58,59)(H,60,61)(H,63,64,65)(H,66,67,68)(H,69,70,71)(H,72,73,74)(H,75,76,77)(H,78,79,80)/t10-,11-,12-,13-,14-,15-,16+,17-,18-,19-,20+,21+,22+,23-,24-,25-,26+,27-,28-,29+,30+,31+,32+,33+,37?,38+,39+,40-,41-,42-/m1/s1. The van der Waals surface area contributed by atoms with Crippen molar-refractivity contribution in [2.75, 3.05) is 19.8 Å². The second kappa shape index (κ2) is 34.2. The van der Waals surface area contributed by atoms with Gasteiger partial charge in [-0.1, -0.05) is 0 Å². The summed E-state index contributed by atoms with van der Waals surface area (Å²) in [4.78, 5) is 77.4. The van der Waals surface area contributed by atoms with Gasteiger partial charge in [-0.2, -0.15) is 50.5 Å². The molecule has 6 aliphatic heterocycles. The summed E-state index contributed by atoms with van der Waals surface area (Å²) in [5.41, 5.74) is 0. The Kier molecular flexibility index (Phi) is 29.0. The number of carboxylic acid groups (broad SMARTS) is 3. The predicted molar refractivity (Wildman–Crippen MR) is 298 cm³/mol. The van der Waals surface area contributed by atoms with Gasteiger partial charge < -0.3 is 124 Å². The van der Waals surface area contributed by atoms with Gasteiger partial charge in [0.1, 0.15) is 128 Å². The van der Waals surface area contributed by atoms with Gasteiger partial charge in [-0.25, -0.2) is 39.5 Å². The fourth-order valence-electron chi connectivity index (χ4n) is 11.1. The minimum Gasteiger partial charge on any atom is -0.479 e. The van der Waals surface area contributed by atoms with Crippen molar-refractivity contribution in [2.24, 2.45) is 0 Å². The fraction of sp³-hybridized carbons (Fsp3) is 0.857. The van der Waals surface area contributed by atoms with Crippen molar-refractivity contribution in [1.82, 2.24) is 16.0 Å². The minimum atomic E-state index is -6.29. The van der Waals surface area contributed by atoms with Crippen LogP contribution in [0.2, 0.25) is 0 Å². The van der Waals surface area contributed by atoms with E-state index in [4.69, 9.17) is 52.1 Å². The number of hydrogen-bond donors (Lipinski definition) is 20. The lowest BCUT2D eigenvalue weighted by molar-refractivity contribution is -0.373. The Morgan fingerprint density at radius 1 is 0.311 bits per heavy atom. The van der Waals surface area contributed by atoms with Gasteiger partial charge in [0.15, 0.2) is 56.1 Å². The lowest BCUT2D eigenvalue weighted by Gasteiger charge is -2.51. The van der Waals surface area contributed by atoms with Crippen LogP contribution in [0.15, 0.2) is 0 Å². The molecule has 0 saturated carbocycles. The van der Waals surface area contributed by atoms with E-state index in [0.29, 0.717) is 13.8 Å². The maximum Gasteiger partial charge on any atom is 0.397 e. The van der Waals surface area contributed by atoms with Crippen molar-refractivity contribution in [3.63, 3.8) is 0 Å². The SMILES string of the molecule is CC(=O)N[C@H]1[C@H](O[C@H]2[C@H](OS(=O)(=O)O)[C@@H](O)[C@H](O[C@@H]3[C@@H](NC(C)=O)[C@H](O[C@H]4[C@H](OS(=O)(=O)O)[C@@H](O)[C@H](O[C@H]5[C@@H](OS(=O)(=O)O)[C@@H](CO)OC(O)[C@@H]5NC(C)=O)O[C@@H]4C(=O)O)O[C@H](CO)[C@@H]3OS(=O)(=O)O)O[C@@H]2C(=O)O)O[C@H](CO)[C@H](OS(=O)(=O)O)[C@@H]1O[C@@H]1O[C@H](C(=O)O)[C@@H](O)[C@H](OS(=O)(=O)O)[C@H]1O. The molecule has 6 saturated heterocycles. The summed E-state index contributed by atoms with van der Waals surface area (Å²) in [7, 11) is -36.1. The number of aliphatic carboxylic acids is 3. The van der Waals surface area contributed by atoms with Crippen LogP contribution >= 0.6 is 0 Å². The van der Waals surface area contributed by atoms with Crippen LogP contribution in [0.5, 0.6) is 0 Å². The summed E-state index contributed by atoms with van der Waals surface area (Å²) in [5, 5.41) is 125. The number of hydrogen-bond acceptors (Lipinski definition) is 43. The zero-order chi connectivity index (χ0) is 78.0. The molecule has 6 rings (SSSR count). The summed E-state index contributed by atoms with van der Waals surface area (Å²) >= 11 is 0. The monoisotopic (exact) mass is 1640 g/mol. The van der Waals surface area contributed by atoms with Crippen molar-refractivity contribution >= 4 is 98.0 Å². The lowest BCUT2D eigenvalue weighted by atomic mass is 9.93. The molecule has 6 aliphatic rings. The number of aliphatic hydroxyl groups is 8. The van der Waals surface area contributed by atoms with Gasteiger partial charge >= 0.3 is 80.3 Å². The maximum absolute atomic E-state index is 13.4. The van der Waals surface area contributed by atoms with E-state index in [0.717, 1.165) is 6.92 Å². The van der Waals surface area contributed by atoms with Crippen LogP contribution in [0.4, 0.5) is 0 Å². The molecule has 103 heavy (non-hydrogen) atoms. The molecule has 0 radical (unpaired) electrons. The second-order valence-corrected chi connectivity index (χ2v) is 28.4. The molecular weight excluding hydrogens is 1570 g/mol. The van der Waals surface area contributed by atoms with Gasteiger partial charge in [-0.3, -0.25) is 41.7 Å². The van der Waals surface area contributed by atoms with Gasteiger partial charge in [-0.15, -0.1) is 0 Å². The summed E-state index contributed by atoms with van der Waals surface area (Å²) in [6, 6.07) is -7.61. The Labute approximate surface area is 576 Å². The Morgan fingerprint density at radius 3 is 0.835 bits per heavy atom. The van der Waals surface area contributed by atoms with Gasteiger partial charge in [-0.05, 0) is 0 Å². The highest BCUT2D eigenvalue weighted by Gasteiger charge is 2.63. The smallest absolute Gasteiger partial charge is 0.397 e. The van der Waals surface area contributed by atoms with E-state index in [9.17, 15) is 163 Å². The molecule has 61 heteroatoms. The Morgan fingerprint density at radius 2 is 0.553 bits per heavy atom. The van der Waals surface area contributed by atoms with E-state index >= 15 is 0 Å². The van der Waals surface area contributed by atoms with Crippen LogP contribution in [0.1, 0.15) is 20.8 Å². The molecule has 3 amide bonds. The number of nitrogens with one attached hydrogen (secondary N) is 3. The quantitative estimate of drug-likeness (QED) is 0.0287. The number of aliphatic hydroxyl groups excluding tert-OH is 8. The number of carbonyl (C=O) groups excluding carboxylic acids is 3. The Bertz CT molecular complexity index is 3740. The van der Waals surface area contributed by atoms with Gasteiger partial charge in [0.2, 0.25) is 17.7 Å². The molecule has 1 unspecified atom stereocenters. The molecule has 0 aromatic carbocycles. The van der Waals surface area contributed by atoms with E-state index in [1.807, 2.05) is 16.0 Å². The highest BCUT2D eigenvalue weighted by molar-refractivity contribution is 7.82. The summed E-state index contributed by atoms with van der Waals surface area (Å²) in [6.07, 6.45) is -77.8. The summed E-state index contributed by atoms with van der Waals surface area (Å²) in [6.45, 7) is -2.87. The maximum atomic E-state index is 13.4. The molecule has 6 heterocycles. The van der Waals surface area contributed by atoms with E-state index in [1.54, 1.807) is 0 Å². The summed E-state index contributed by atoms with van der Waals surface area (Å²) in [5.74, 6) is -11.2. The first-order valence-electron chi connectivity index (χ1n) is 28.0. The first kappa shape index (κ1) is 87.2. The molecule has 30 atom stereocenters. The van der Waals surface area contributed by atoms with Crippen LogP contribution in [0.25, 0.3) is 0 Å². The van der Waals surface area contributed by atoms with Crippen LogP contribution in [-0.2, 0) is 168 Å². The number of rotatable bonds is 31. The number of amides is 3. The topological polar surface area (TPSA) is 844 Å². The zero-order valence-corrected chi connectivity index (χ0v) is 56.2. The van der Waals surface area contributed by atoms with E-state index in [1.165, 1.54) is 0 Å². The van der Waals surface area contributed by atoms with Gasteiger partial charge in [0, 0.05) is 20.8 Å². The lowest BCUT2D eigenvalue weighted by Crippen LogP contribution is -2.72. The molecule has 596 valence electrons.